The van der Waals surface area contributed by atoms with E-state index >= 15 is 0 Å². The molecule has 2 aromatic rings. The Kier molecular flexibility index (Phi) is 3.98. The minimum atomic E-state index is 0.611. The second-order valence-electron chi connectivity index (χ2n) is 3.84. The molecule has 0 fully saturated rings. The van der Waals surface area contributed by atoms with E-state index in [9.17, 15) is 0 Å². The zero-order valence-corrected chi connectivity index (χ0v) is 9.97. The van der Waals surface area contributed by atoms with Gasteiger partial charge in [-0.25, -0.2) is 0 Å². The molecular weight excluding hydrogens is 208 g/mol. The van der Waals surface area contributed by atoms with E-state index in [4.69, 9.17) is 4.74 Å². The standard InChI is InChI=1S/C16H16O/c1-2-6-14-9-11-15(12-10-14)13-17-16-7-4-3-5-8-16/h2-12H,13H2,1H3. The van der Waals surface area contributed by atoms with Gasteiger partial charge in [0, 0.05) is 0 Å². The fourth-order valence-electron chi connectivity index (χ4n) is 1.60. The van der Waals surface area contributed by atoms with Gasteiger partial charge in [-0.1, -0.05) is 54.6 Å². The summed E-state index contributed by atoms with van der Waals surface area (Å²) in [6.45, 7) is 2.63. The molecule has 2 aromatic carbocycles. The molecule has 0 spiro atoms. The molecule has 0 saturated heterocycles. The lowest BCUT2D eigenvalue weighted by Crippen LogP contribution is -1.94. The molecule has 0 unspecified atom stereocenters. The van der Waals surface area contributed by atoms with Crippen molar-refractivity contribution in [1.29, 1.82) is 0 Å². The zero-order chi connectivity index (χ0) is 11.9. The van der Waals surface area contributed by atoms with Crippen LogP contribution in [0.1, 0.15) is 18.1 Å². The third-order valence-electron chi connectivity index (χ3n) is 2.49. The van der Waals surface area contributed by atoms with E-state index in [-0.39, 0.29) is 0 Å². The van der Waals surface area contributed by atoms with Gasteiger partial charge in [0.05, 0.1) is 0 Å². The van der Waals surface area contributed by atoms with Crippen LogP contribution < -0.4 is 4.74 Å². The number of hydrogen-bond donors (Lipinski definition) is 0. The van der Waals surface area contributed by atoms with Crippen LogP contribution in [0.4, 0.5) is 0 Å². The summed E-state index contributed by atoms with van der Waals surface area (Å²) in [7, 11) is 0. The molecule has 0 bridgehead atoms. The van der Waals surface area contributed by atoms with E-state index in [0.717, 1.165) is 5.75 Å². The highest BCUT2D eigenvalue weighted by Crippen LogP contribution is 2.12. The molecule has 0 N–H and O–H groups in total. The van der Waals surface area contributed by atoms with Crippen molar-refractivity contribution in [2.75, 3.05) is 0 Å². The predicted molar refractivity (Wildman–Crippen MR) is 71.9 cm³/mol. The fraction of sp³-hybridized carbons (Fsp3) is 0.125. The molecule has 86 valence electrons. The Bertz CT molecular complexity index is 469. The van der Waals surface area contributed by atoms with Crippen molar-refractivity contribution < 1.29 is 4.74 Å². The maximum absolute atomic E-state index is 5.67. The Morgan fingerprint density at radius 2 is 1.65 bits per heavy atom. The Labute approximate surface area is 102 Å². The van der Waals surface area contributed by atoms with Crippen LogP contribution in [0.2, 0.25) is 0 Å². The molecule has 2 rings (SSSR count). The normalized spacial score (nSPS) is 10.6. The number of allylic oxidation sites excluding steroid dienone is 1. The average molecular weight is 224 g/mol. The van der Waals surface area contributed by atoms with Crippen LogP contribution in [-0.2, 0) is 6.61 Å². The summed E-state index contributed by atoms with van der Waals surface area (Å²) in [4.78, 5) is 0. The van der Waals surface area contributed by atoms with Crippen LogP contribution in [0.3, 0.4) is 0 Å². The van der Waals surface area contributed by atoms with Crippen LogP contribution in [0.5, 0.6) is 5.75 Å². The first-order chi connectivity index (χ1) is 8.38. The summed E-state index contributed by atoms with van der Waals surface area (Å²) < 4.78 is 5.67. The number of benzene rings is 2. The summed E-state index contributed by atoms with van der Waals surface area (Å²) in [6.07, 6.45) is 4.12. The van der Waals surface area contributed by atoms with Crippen molar-refractivity contribution in [3.8, 4) is 5.75 Å². The molecule has 0 heterocycles. The summed E-state index contributed by atoms with van der Waals surface area (Å²) in [5.41, 5.74) is 2.40. The number of ether oxygens (including phenoxy) is 1. The molecule has 0 saturated carbocycles. The zero-order valence-electron chi connectivity index (χ0n) is 9.97. The lowest BCUT2D eigenvalue weighted by Gasteiger charge is -2.06. The summed E-state index contributed by atoms with van der Waals surface area (Å²) in [5.74, 6) is 0.907. The van der Waals surface area contributed by atoms with Gasteiger partial charge in [-0.05, 0) is 30.2 Å². The molecule has 0 aliphatic heterocycles. The van der Waals surface area contributed by atoms with Crippen LogP contribution >= 0.6 is 0 Å². The highest BCUT2D eigenvalue weighted by atomic mass is 16.5. The molecule has 0 radical (unpaired) electrons. The number of hydrogen-bond acceptors (Lipinski definition) is 1. The Balaban J connectivity index is 1.95. The minimum Gasteiger partial charge on any atom is -0.489 e. The summed E-state index contributed by atoms with van der Waals surface area (Å²) >= 11 is 0. The lowest BCUT2D eigenvalue weighted by atomic mass is 10.1. The third-order valence-corrected chi connectivity index (χ3v) is 2.49. The molecule has 0 aliphatic carbocycles. The van der Waals surface area contributed by atoms with E-state index in [1.54, 1.807) is 0 Å². The van der Waals surface area contributed by atoms with Gasteiger partial charge < -0.3 is 4.74 Å². The predicted octanol–water partition coefficient (Wildman–Crippen LogP) is 4.30. The molecule has 0 amide bonds. The van der Waals surface area contributed by atoms with E-state index < -0.39 is 0 Å². The van der Waals surface area contributed by atoms with Crippen molar-refractivity contribution >= 4 is 6.08 Å². The Morgan fingerprint density at radius 1 is 0.941 bits per heavy atom. The fourth-order valence-corrected chi connectivity index (χ4v) is 1.60. The van der Waals surface area contributed by atoms with Crippen molar-refractivity contribution in [2.45, 2.75) is 13.5 Å². The third kappa shape index (κ3) is 3.49. The van der Waals surface area contributed by atoms with Gasteiger partial charge in [-0.3, -0.25) is 0 Å². The van der Waals surface area contributed by atoms with Gasteiger partial charge in [0.2, 0.25) is 0 Å². The molecule has 0 aliphatic rings. The molecule has 0 atom stereocenters. The van der Waals surface area contributed by atoms with E-state index in [1.165, 1.54) is 11.1 Å². The molecule has 0 aromatic heterocycles. The largest absolute Gasteiger partial charge is 0.489 e. The first-order valence-electron chi connectivity index (χ1n) is 5.78. The Morgan fingerprint density at radius 3 is 2.29 bits per heavy atom. The molecule has 17 heavy (non-hydrogen) atoms. The second kappa shape index (κ2) is 5.90. The molecule has 1 heteroatoms. The van der Waals surface area contributed by atoms with Gasteiger partial charge in [0.25, 0.3) is 0 Å². The van der Waals surface area contributed by atoms with Gasteiger partial charge in [-0.15, -0.1) is 0 Å². The van der Waals surface area contributed by atoms with Gasteiger partial charge in [0.1, 0.15) is 12.4 Å². The molecular formula is C16H16O. The van der Waals surface area contributed by atoms with E-state index in [1.807, 2.05) is 43.3 Å². The SMILES string of the molecule is CC=Cc1ccc(COc2ccccc2)cc1. The maximum Gasteiger partial charge on any atom is 0.119 e. The first-order valence-corrected chi connectivity index (χ1v) is 5.78. The number of para-hydroxylation sites is 1. The van der Waals surface area contributed by atoms with E-state index in [2.05, 4.69) is 30.3 Å². The van der Waals surface area contributed by atoms with Crippen molar-refractivity contribution in [3.05, 3.63) is 71.8 Å². The number of rotatable bonds is 4. The lowest BCUT2D eigenvalue weighted by molar-refractivity contribution is 0.306. The highest BCUT2D eigenvalue weighted by Gasteiger charge is 1.95. The van der Waals surface area contributed by atoms with Crippen molar-refractivity contribution in [1.82, 2.24) is 0 Å². The topological polar surface area (TPSA) is 9.23 Å². The van der Waals surface area contributed by atoms with Crippen LogP contribution in [0.15, 0.2) is 60.7 Å². The monoisotopic (exact) mass is 224 g/mol. The van der Waals surface area contributed by atoms with Crippen molar-refractivity contribution in [2.24, 2.45) is 0 Å². The van der Waals surface area contributed by atoms with Crippen molar-refractivity contribution in [3.63, 3.8) is 0 Å². The van der Waals surface area contributed by atoms with Crippen LogP contribution in [0, 0.1) is 0 Å². The first kappa shape index (κ1) is 11.5. The summed E-state index contributed by atoms with van der Waals surface area (Å²) in [5, 5.41) is 0. The quantitative estimate of drug-likeness (QED) is 0.752. The highest BCUT2D eigenvalue weighted by molar-refractivity contribution is 5.49. The summed E-state index contributed by atoms with van der Waals surface area (Å²) in [6, 6.07) is 18.3. The Hall–Kier alpha value is -2.02. The van der Waals surface area contributed by atoms with Gasteiger partial charge in [-0.2, -0.15) is 0 Å². The second-order valence-corrected chi connectivity index (χ2v) is 3.84. The van der Waals surface area contributed by atoms with Crippen LogP contribution in [-0.4, -0.2) is 0 Å². The minimum absolute atomic E-state index is 0.611. The molecule has 1 nitrogen and oxygen atoms in total. The van der Waals surface area contributed by atoms with Gasteiger partial charge >= 0.3 is 0 Å². The van der Waals surface area contributed by atoms with Gasteiger partial charge in [0.15, 0.2) is 0 Å². The van der Waals surface area contributed by atoms with Crippen LogP contribution in [0.25, 0.3) is 6.08 Å². The van der Waals surface area contributed by atoms with E-state index in [0.29, 0.717) is 6.61 Å². The maximum atomic E-state index is 5.67. The average Bonchev–Trinajstić information content (AvgIpc) is 2.40. The smallest absolute Gasteiger partial charge is 0.119 e.